The van der Waals surface area contributed by atoms with Gasteiger partial charge >= 0.3 is 0 Å². The fourth-order valence-electron chi connectivity index (χ4n) is 1.78. The lowest BCUT2D eigenvalue weighted by Crippen LogP contribution is -1.95. The van der Waals surface area contributed by atoms with Gasteiger partial charge in [0.25, 0.3) is 5.91 Å². The zero-order chi connectivity index (χ0) is 8.84. The van der Waals surface area contributed by atoms with Crippen molar-refractivity contribution in [3.63, 3.8) is 0 Å². The molecule has 62 valence electrons. The number of carbonyl (C=O) groups excluding carboxylic acids is 1. The van der Waals surface area contributed by atoms with E-state index in [2.05, 4.69) is 10.2 Å². The summed E-state index contributed by atoms with van der Waals surface area (Å²) < 4.78 is 0. The Morgan fingerprint density at radius 1 is 1.23 bits per heavy atom. The predicted molar refractivity (Wildman–Crippen MR) is 47.0 cm³/mol. The molecule has 0 fully saturated rings. The van der Waals surface area contributed by atoms with E-state index < -0.39 is 0 Å². The number of carbonyl (C=O) groups is 1. The highest BCUT2D eigenvalue weighted by Crippen LogP contribution is 2.40. The van der Waals surface area contributed by atoms with E-state index in [1.165, 1.54) is 0 Å². The number of nitrogens with zero attached hydrogens (tertiary/aromatic N) is 2. The second-order valence-electron chi connectivity index (χ2n) is 3.15. The molecule has 1 aliphatic carbocycles. The van der Waals surface area contributed by atoms with E-state index in [4.69, 9.17) is 0 Å². The van der Waals surface area contributed by atoms with E-state index in [9.17, 15) is 4.79 Å². The van der Waals surface area contributed by atoms with E-state index in [0.29, 0.717) is 5.57 Å². The number of benzene rings is 1. The van der Waals surface area contributed by atoms with Crippen molar-refractivity contribution in [2.24, 2.45) is 10.2 Å². The van der Waals surface area contributed by atoms with E-state index in [-0.39, 0.29) is 11.9 Å². The molecule has 13 heavy (non-hydrogen) atoms. The maximum atomic E-state index is 11.2. The van der Waals surface area contributed by atoms with Crippen LogP contribution in [0.2, 0.25) is 0 Å². The van der Waals surface area contributed by atoms with Gasteiger partial charge in [0.1, 0.15) is 6.04 Å². The number of azo groups is 1. The minimum absolute atomic E-state index is 0.122. The molecular weight excluding hydrogens is 164 g/mol. The smallest absolute Gasteiger partial charge is 0.265 e. The van der Waals surface area contributed by atoms with Crippen LogP contribution >= 0.6 is 0 Å². The summed E-state index contributed by atoms with van der Waals surface area (Å²) in [5.74, 6) is -0.193. The summed E-state index contributed by atoms with van der Waals surface area (Å²) in [4.78, 5) is 11.2. The summed E-state index contributed by atoms with van der Waals surface area (Å²) in [5.41, 5.74) is 2.89. The van der Waals surface area contributed by atoms with E-state index in [0.717, 1.165) is 11.1 Å². The third-order valence-electron chi connectivity index (χ3n) is 2.41. The Labute approximate surface area is 74.8 Å². The molecule has 3 heteroatoms. The second-order valence-corrected chi connectivity index (χ2v) is 3.15. The highest BCUT2D eigenvalue weighted by atomic mass is 16.2. The number of hydrogen-bond donors (Lipinski definition) is 0. The van der Waals surface area contributed by atoms with Crippen molar-refractivity contribution in [1.82, 2.24) is 0 Å². The van der Waals surface area contributed by atoms with Gasteiger partial charge in [-0.05, 0) is 17.2 Å². The molecule has 1 aromatic rings. The van der Waals surface area contributed by atoms with Gasteiger partial charge in [0.05, 0.1) is 5.57 Å². The molecule has 1 atom stereocenters. The number of amides is 1. The highest BCUT2D eigenvalue weighted by Gasteiger charge is 2.33. The fourth-order valence-corrected chi connectivity index (χ4v) is 1.78. The molecule has 0 saturated carbocycles. The van der Waals surface area contributed by atoms with Crippen molar-refractivity contribution in [3.8, 4) is 0 Å². The first-order valence-electron chi connectivity index (χ1n) is 4.12. The number of rotatable bonds is 0. The largest absolute Gasteiger partial charge is 0.293 e. The summed E-state index contributed by atoms with van der Waals surface area (Å²) in [7, 11) is 0. The van der Waals surface area contributed by atoms with Crippen LogP contribution in [-0.4, -0.2) is 5.91 Å². The van der Waals surface area contributed by atoms with E-state index in [1.54, 1.807) is 0 Å². The van der Waals surface area contributed by atoms with Crippen LogP contribution in [0.5, 0.6) is 0 Å². The Morgan fingerprint density at radius 2 is 2.08 bits per heavy atom. The van der Waals surface area contributed by atoms with Crippen molar-refractivity contribution in [3.05, 3.63) is 41.0 Å². The molecule has 0 bridgehead atoms. The molecule has 0 spiro atoms. The third-order valence-corrected chi connectivity index (χ3v) is 2.41. The van der Waals surface area contributed by atoms with Crippen LogP contribution in [-0.2, 0) is 4.79 Å². The van der Waals surface area contributed by atoms with Crippen LogP contribution in [0.4, 0.5) is 0 Å². The van der Waals surface area contributed by atoms with E-state index in [1.807, 2.05) is 30.3 Å². The molecule has 0 N–H and O–H groups in total. The van der Waals surface area contributed by atoms with E-state index >= 15 is 0 Å². The van der Waals surface area contributed by atoms with Crippen LogP contribution < -0.4 is 0 Å². The maximum absolute atomic E-state index is 11.2. The van der Waals surface area contributed by atoms with Gasteiger partial charge in [-0.25, -0.2) is 0 Å². The first-order chi connectivity index (χ1) is 6.36. The maximum Gasteiger partial charge on any atom is 0.293 e. The van der Waals surface area contributed by atoms with Gasteiger partial charge in [0.2, 0.25) is 0 Å². The molecule has 1 heterocycles. The molecule has 3 rings (SSSR count). The van der Waals surface area contributed by atoms with Crippen LogP contribution in [0.25, 0.3) is 6.08 Å². The standard InChI is InChI=1S/C10H6N2O/c13-10-8-5-6-3-1-2-4-7(6)9(8)11-12-10/h1-5,9H. The fraction of sp³-hybridized carbons (Fsp3) is 0.100. The van der Waals surface area contributed by atoms with Crippen molar-refractivity contribution in [1.29, 1.82) is 0 Å². The van der Waals surface area contributed by atoms with Gasteiger partial charge in [-0.15, -0.1) is 5.11 Å². The van der Waals surface area contributed by atoms with Gasteiger partial charge in [0.15, 0.2) is 0 Å². The molecule has 2 aliphatic rings. The van der Waals surface area contributed by atoms with Crippen LogP contribution in [0.1, 0.15) is 17.2 Å². The molecule has 3 nitrogen and oxygen atoms in total. The normalized spacial score (nSPS) is 22.9. The van der Waals surface area contributed by atoms with Gasteiger partial charge in [0, 0.05) is 0 Å². The monoisotopic (exact) mass is 170 g/mol. The van der Waals surface area contributed by atoms with Gasteiger partial charge < -0.3 is 0 Å². The minimum atomic E-state index is -0.193. The lowest BCUT2D eigenvalue weighted by Gasteiger charge is -2.01. The molecular formula is C10H6N2O. The summed E-state index contributed by atoms with van der Waals surface area (Å²) in [6.07, 6.45) is 1.88. The summed E-state index contributed by atoms with van der Waals surface area (Å²) in [5, 5.41) is 7.46. The predicted octanol–water partition coefficient (Wildman–Crippen LogP) is 2.12. The first-order valence-corrected chi connectivity index (χ1v) is 4.12. The molecule has 1 amide bonds. The summed E-state index contributed by atoms with van der Waals surface area (Å²) in [6, 6.07) is 7.76. The first kappa shape index (κ1) is 6.71. The zero-order valence-electron chi connectivity index (χ0n) is 6.77. The number of fused-ring (bicyclic) bond motifs is 3. The van der Waals surface area contributed by atoms with Crippen LogP contribution in [0, 0.1) is 0 Å². The van der Waals surface area contributed by atoms with Crippen LogP contribution in [0.3, 0.4) is 0 Å². The molecule has 1 aromatic carbocycles. The average Bonchev–Trinajstić information content (AvgIpc) is 2.67. The summed E-state index contributed by atoms with van der Waals surface area (Å²) >= 11 is 0. The lowest BCUT2D eigenvalue weighted by atomic mass is 10.1. The second kappa shape index (κ2) is 2.13. The van der Waals surface area contributed by atoms with Gasteiger partial charge in [-0.2, -0.15) is 5.11 Å². The molecule has 0 radical (unpaired) electrons. The Bertz CT molecular complexity index is 460. The molecule has 0 aromatic heterocycles. The van der Waals surface area contributed by atoms with Crippen molar-refractivity contribution in [2.75, 3.05) is 0 Å². The van der Waals surface area contributed by atoms with Crippen molar-refractivity contribution < 1.29 is 4.79 Å². The topological polar surface area (TPSA) is 41.8 Å². The Kier molecular flexibility index (Phi) is 1.10. The molecule has 1 unspecified atom stereocenters. The molecule has 0 saturated heterocycles. The number of hydrogen-bond acceptors (Lipinski definition) is 2. The van der Waals surface area contributed by atoms with Crippen LogP contribution in [0.15, 0.2) is 40.1 Å². The molecule has 1 aliphatic heterocycles. The zero-order valence-corrected chi connectivity index (χ0v) is 6.77. The van der Waals surface area contributed by atoms with Gasteiger partial charge in [-0.1, -0.05) is 24.3 Å². The SMILES string of the molecule is O=C1N=NC2C1=Cc1ccccc12. The average molecular weight is 170 g/mol. The Balaban J connectivity index is 2.24. The highest BCUT2D eigenvalue weighted by molar-refractivity contribution is 6.03. The quantitative estimate of drug-likeness (QED) is 0.588. The summed E-state index contributed by atoms with van der Waals surface area (Å²) in [6.45, 7) is 0. The Hall–Kier alpha value is -1.77. The van der Waals surface area contributed by atoms with Crippen molar-refractivity contribution >= 4 is 12.0 Å². The Morgan fingerprint density at radius 3 is 3.00 bits per heavy atom. The lowest BCUT2D eigenvalue weighted by molar-refractivity contribution is -0.114. The van der Waals surface area contributed by atoms with Gasteiger partial charge in [-0.3, -0.25) is 4.79 Å². The minimum Gasteiger partial charge on any atom is -0.265 e. The van der Waals surface area contributed by atoms with Crippen molar-refractivity contribution in [2.45, 2.75) is 6.04 Å². The third kappa shape index (κ3) is 0.758.